The number of thiocarbonyl (C=S) groups is 1. The molecule has 0 amide bonds. The molecule has 4 rings (SSSR count). The van der Waals surface area contributed by atoms with Crippen LogP contribution in [0.1, 0.15) is 22.7 Å². The number of fused-ring (bicyclic) bond motifs is 1. The Bertz CT molecular complexity index is 1190. The number of nitrogens with zero attached hydrogens (tertiary/aromatic N) is 2. The zero-order chi connectivity index (χ0) is 24.8. The van der Waals surface area contributed by atoms with Crippen LogP contribution in [0.25, 0.3) is 0 Å². The van der Waals surface area contributed by atoms with Gasteiger partial charge in [-0.05, 0) is 59.6 Å². The van der Waals surface area contributed by atoms with Gasteiger partial charge >= 0.3 is 0 Å². The van der Waals surface area contributed by atoms with E-state index in [-0.39, 0.29) is 11.7 Å². The van der Waals surface area contributed by atoms with Crippen LogP contribution in [-0.4, -0.2) is 42.3 Å². The number of ether oxygens (including phenoxy) is 3. The number of nitrogens with one attached hydrogen (secondary N) is 1. The van der Waals surface area contributed by atoms with Gasteiger partial charge in [-0.2, -0.15) is 0 Å². The number of methoxy groups -OCH3 is 2. The lowest BCUT2D eigenvalue weighted by atomic mass is 9.92. The number of rotatable bonds is 8. The minimum Gasteiger partial charge on any atom is -0.493 e. The molecule has 1 aliphatic heterocycles. The normalized spacial score (nSPS) is 14.6. The van der Waals surface area contributed by atoms with Crippen LogP contribution in [0.3, 0.4) is 0 Å². The molecule has 1 N–H and O–H groups in total. The molecule has 3 aromatic carbocycles. The Labute approximate surface area is 209 Å². The summed E-state index contributed by atoms with van der Waals surface area (Å²) in [5.74, 6) is 1.86. The Morgan fingerprint density at radius 3 is 2.43 bits per heavy atom. The van der Waals surface area contributed by atoms with Gasteiger partial charge in [0.1, 0.15) is 12.4 Å². The van der Waals surface area contributed by atoms with Crippen molar-refractivity contribution in [1.29, 1.82) is 0 Å². The Balaban J connectivity index is 1.58. The Morgan fingerprint density at radius 2 is 1.77 bits per heavy atom. The average Bonchev–Trinajstić information content (AvgIpc) is 2.90. The van der Waals surface area contributed by atoms with E-state index in [2.05, 4.69) is 10.2 Å². The summed E-state index contributed by atoms with van der Waals surface area (Å²) in [7, 11) is 3.23. The van der Waals surface area contributed by atoms with Gasteiger partial charge in [0, 0.05) is 25.2 Å². The molecule has 8 nitrogen and oxygen atoms in total. The summed E-state index contributed by atoms with van der Waals surface area (Å²) in [6.07, 6.45) is 0.789. The molecule has 0 radical (unpaired) electrons. The summed E-state index contributed by atoms with van der Waals surface area (Å²) < 4.78 is 17.1. The predicted octanol–water partition coefficient (Wildman–Crippen LogP) is 4.66. The molecule has 9 heteroatoms. The molecular weight excluding hydrogens is 466 g/mol. The molecule has 1 heterocycles. The zero-order valence-electron chi connectivity index (χ0n) is 19.6. The Kier molecular flexibility index (Phi) is 7.67. The molecule has 35 heavy (non-hydrogen) atoms. The number of nitro groups is 1. The van der Waals surface area contributed by atoms with E-state index < -0.39 is 4.92 Å². The first-order valence-corrected chi connectivity index (χ1v) is 11.6. The second kappa shape index (κ2) is 11.1. The topological polar surface area (TPSA) is 86.1 Å². The van der Waals surface area contributed by atoms with E-state index >= 15 is 0 Å². The molecule has 0 bridgehead atoms. The van der Waals surface area contributed by atoms with Gasteiger partial charge in [0.05, 0.1) is 25.2 Å². The van der Waals surface area contributed by atoms with Crippen molar-refractivity contribution in [3.8, 4) is 17.2 Å². The van der Waals surface area contributed by atoms with Gasteiger partial charge in [0.2, 0.25) is 0 Å². The van der Waals surface area contributed by atoms with Crippen molar-refractivity contribution in [2.24, 2.45) is 0 Å². The smallest absolute Gasteiger partial charge is 0.269 e. The molecular formula is C26H27N3O5S. The van der Waals surface area contributed by atoms with Gasteiger partial charge in [-0.1, -0.05) is 30.3 Å². The first-order valence-electron chi connectivity index (χ1n) is 11.2. The van der Waals surface area contributed by atoms with Crippen LogP contribution < -0.4 is 19.5 Å². The maximum Gasteiger partial charge on any atom is 0.269 e. The van der Waals surface area contributed by atoms with E-state index in [0.29, 0.717) is 42.1 Å². The number of non-ortho nitro benzene ring substituents is 1. The molecule has 1 atom stereocenters. The third-order valence-electron chi connectivity index (χ3n) is 6.01. The fraction of sp³-hybridized carbons (Fsp3) is 0.269. The van der Waals surface area contributed by atoms with E-state index in [0.717, 1.165) is 23.1 Å². The molecule has 0 fully saturated rings. The minimum absolute atomic E-state index is 0.0186. The average molecular weight is 494 g/mol. The van der Waals surface area contributed by atoms with Crippen LogP contribution in [0.5, 0.6) is 17.2 Å². The number of nitro benzene ring substituents is 1. The summed E-state index contributed by atoms with van der Waals surface area (Å²) >= 11 is 5.79. The van der Waals surface area contributed by atoms with Crippen LogP contribution in [0.2, 0.25) is 0 Å². The van der Waals surface area contributed by atoms with E-state index in [4.69, 9.17) is 26.4 Å². The Morgan fingerprint density at radius 1 is 1.09 bits per heavy atom. The zero-order valence-corrected chi connectivity index (χ0v) is 20.4. The van der Waals surface area contributed by atoms with Gasteiger partial charge in [-0.25, -0.2) is 0 Å². The molecule has 1 aliphatic rings. The highest BCUT2D eigenvalue weighted by molar-refractivity contribution is 7.80. The quantitative estimate of drug-likeness (QED) is 0.275. The number of hydrogen-bond acceptors (Lipinski definition) is 6. The largest absolute Gasteiger partial charge is 0.493 e. The molecule has 0 aliphatic carbocycles. The van der Waals surface area contributed by atoms with Crippen LogP contribution in [0, 0.1) is 10.1 Å². The minimum atomic E-state index is -0.431. The van der Waals surface area contributed by atoms with Gasteiger partial charge < -0.3 is 24.4 Å². The van der Waals surface area contributed by atoms with Crippen molar-refractivity contribution in [2.45, 2.75) is 19.0 Å². The second-order valence-corrected chi connectivity index (χ2v) is 8.46. The summed E-state index contributed by atoms with van der Waals surface area (Å²) in [4.78, 5) is 12.7. The summed E-state index contributed by atoms with van der Waals surface area (Å²) in [5, 5.41) is 15.0. The third-order valence-corrected chi connectivity index (χ3v) is 6.38. The molecule has 182 valence electrons. The summed E-state index contributed by atoms with van der Waals surface area (Å²) in [5.41, 5.74) is 3.34. The number of benzene rings is 3. The first-order chi connectivity index (χ1) is 17.0. The summed E-state index contributed by atoms with van der Waals surface area (Å²) in [6, 6.07) is 19.9. The monoisotopic (exact) mass is 493 g/mol. The highest BCUT2D eigenvalue weighted by Gasteiger charge is 2.31. The highest BCUT2D eigenvalue weighted by atomic mass is 32.1. The van der Waals surface area contributed by atoms with Crippen LogP contribution in [0.15, 0.2) is 66.7 Å². The molecule has 0 saturated carbocycles. The molecule has 1 unspecified atom stereocenters. The van der Waals surface area contributed by atoms with Crippen molar-refractivity contribution >= 4 is 23.0 Å². The molecule has 0 saturated heterocycles. The lowest BCUT2D eigenvalue weighted by Gasteiger charge is -2.39. The maximum absolute atomic E-state index is 11.0. The van der Waals surface area contributed by atoms with E-state index in [1.54, 1.807) is 26.4 Å². The lowest BCUT2D eigenvalue weighted by molar-refractivity contribution is -0.384. The van der Waals surface area contributed by atoms with Gasteiger partial charge in [0.15, 0.2) is 16.6 Å². The van der Waals surface area contributed by atoms with Gasteiger partial charge in [0.25, 0.3) is 5.69 Å². The molecule has 0 spiro atoms. The Hall–Kier alpha value is -3.85. The van der Waals surface area contributed by atoms with Crippen LogP contribution in [0.4, 0.5) is 5.69 Å². The van der Waals surface area contributed by atoms with Crippen molar-refractivity contribution in [2.75, 3.05) is 27.4 Å². The fourth-order valence-corrected chi connectivity index (χ4v) is 4.46. The first kappa shape index (κ1) is 24.3. The van der Waals surface area contributed by atoms with Gasteiger partial charge in [-0.3, -0.25) is 10.1 Å². The third kappa shape index (κ3) is 5.63. The number of hydrogen-bond donors (Lipinski definition) is 1. The van der Waals surface area contributed by atoms with Crippen LogP contribution in [-0.2, 0) is 13.0 Å². The van der Waals surface area contributed by atoms with Crippen molar-refractivity contribution < 1.29 is 19.1 Å². The summed E-state index contributed by atoms with van der Waals surface area (Å²) in [6.45, 7) is 1.62. The maximum atomic E-state index is 11.0. The SMILES string of the molecule is COc1cc2c(cc1OC)C(COc1ccc([N+](=O)[O-])cc1)N(C(=S)NCc1ccccc1)CC2. The van der Waals surface area contributed by atoms with Crippen molar-refractivity contribution in [3.05, 3.63) is 93.5 Å². The lowest BCUT2D eigenvalue weighted by Crippen LogP contribution is -2.47. The van der Waals surface area contributed by atoms with E-state index in [1.165, 1.54) is 12.1 Å². The predicted molar refractivity (Wildman–Crippen MR) is 137 cm³/mol. The molecule has 3 aromatic rings. The fourth-order valence-electron chi connectivity index (χ4n) is 4.17. The standard InChI is InChI=1S/C26H27N3O5S/c1-32-24-14-19-12-13-28(26(35)27-16-18-6-4-3-5-7-18)23(22(19)15-25(24)33-2)17-34-21-10-8-20(9-11-21)29(30)31/h3-11,14-15,23H,12-13,16-17H2,1-2H3,(H,27,35). The van der Waals surface area contributed by atoms with Crippen LogP contribution >= 0.6 is 12.2 Å². The van der Waals surface area contributed by atoms with Gasteiger partial charge in [-0.15, -0.1) is 0 Å². The molecule has 0 aromatic heterocycles. The van der Waals surface area contributed by atoms with E-state index in [9.17, 15) is 10.1 Å². The van der Waals surface area contributed by atoms with Crippen molar-refractivity contribution in [1.82, 2.24) is 10.2 Å². The van der Waals surface area contributed by atoms with Crippen molar-refractivity contribution in [3.63, 3.8) is 0 Å². The van der Waals surface area contributed by atoms with E-state index in [1.807, 2.05) is 42.5 Å². The highest BCUT2D eigenvalue weighted by Crippen LogP contribution is 2.38. The second-order valence-electron chi connectivity index (χ2n) is 8.07.